The minimum atomic E-state index is -0.384. The van der Waals surface area contributed by atoms with Gasteiger partial charge >= 0.3 is 0 Å². The zero-order chi connectivity index (χ0) is 23.3. The van der Waals surface area contributed by atoms with Crippen LogP contribution >= 0.6 is 11.6 Å². The summed E-state index contributed by atoms with van der Waals surface area (Å²) in [7, 11) is 0. The van der Waals surface area contributed by atoms with Crippen LogP contribution in [0.5, 0.6) is 5.75 Å². The molecule has 0 saturated heterocycles. The minimum absolute atomic E-state index is 0.304. The molecule has 0 spiro atoms. The fraction of sp³-hybridized carbons (Fsp3) is 0.0385. The highest BCUT2D eigenvalue weighted by molar-refractivity contribution is 6.30. The van der Waals surface area contributed by atoms with Crippen LogP contribution in [0.4, 0.5) is 0 Å². The predicted molar refractivity (Wildman–Crippen MR) is 133 cm³/mol. The highest BCUT2D eigenvalue weighted by Crippen LogP contribution is 2.24. The highest BCUT2D eigenvalue weighted by atomic mass is 35.5. The van der Waals surface area contributed by atoms with E-state index in [0.717, 1.165) is 27.6 Å². The van der Waals surface area contributed by atoms with Gasteiger partial charge in [-0.25, -0.2) is 5.43 Å². The van der Waals surface area contributed by atoms with Crippen molar-refractivity contribution in [3.63, 3.8) is 0 Å². The Labute approximate surface area is 200 Å². The summed E-state index contributed by atoms with van der Waals surface area (Å²) in [6.07, 6.45) is 3.45. The van der Waals surface area contributed by atoms with E-state index in [2.05, 4.69) is 25.7 Å². The number of nitrogens with one attached hydrogen (secondary N) is 3. The second kappa shape index (κ2) is 9.64. The van der Waals surface area contributed by atoms with Gasteiger partial charge in [0, 0.05) is 33.2 Å². The van der Waals surface area contributed by atoms with E-state index in [1.807, 2.05) is 79.0 Å². The van der Waals surface area contributed by atoms with Gasteiger partial charge < -0.3 is 9.72 Å². The number of halogens is 1. The van der Waals surface area contributed by atoms with Crippen molar-refractivity contribution < 1.29 is 9.53 Å². The van der Waals surface area contributed by atoms with Crippen molar-refractivity contribution in [3.05, 3.63) is 107 Å². The first-order chi connectivity index (χ1) is 16.7. The predicted octanol–water partition coefficient (Wildman–Crippen LogP) is 5.55. The SMILES string of the molecule is O=C(NN=Cc1c[nH]c2ccccc12)c1cc(-c2cccc(OCc3ccc(Cl)cc3)c2)n[nH]1. The molecule has 2 heterocycles. The van der Waals surface area contributed by atoms with Crippen molar-refractivity contribution in [2.75, 3.05) is 0 Å². The summed E-state index contributed by atoms with van der Waals surface area (Å²) >= 11 is 5.93. The Balaban J connectivity index is 1.23. The fourth-order valence-electron chi connectivity index (χ4n) is 3.50. The normalized spacial score (nSPS) is 11.2. The lowest BCUT2D eigenvalue weighted by Gasteiger charge is -2.07. The maximum atomic E-state index is 12.5. The first-order valence-corrected chi connectivity index (χ1v) is 11.0. The van der Waals surface area contributed by atoms with E-state index in [1.165, 1.54) is 0 Å². The summed E-state index contributed by atoms with van der Waals surface area (Å²) in [5.41, 5.74) is 7.20. The number of para-hydroxylation sites is 1. The van der Waals surface area contributed by atoms with Crippen LogP contribution in [0.15, 0.2) is 90.2 Å². The summed E-state index contributed by atoms with van der Waals surface area (Å²) < 4.78 is 5.89. The van der Waals surface area contributed by atoms with Crippen LogP contribution in [-0.2, 0) is 6.61 Å². The minimum Gasteiger partial charge on any atom is -0.489 e. The molecular formula is C26H20ClN5O2. The molecule has 0 fully saturated rings. The summed E-state index contributed by atoms with van der Waals surface area (Å²) in [6.45, 7) is 0.420. The maximum Gasteiger partial charge on any atom is 0.289 e. The van der Waals surface area contributed by atoms with Gasteiger partial charge in [-0.3, -0.25) is 9.89 Å². The monoisotopic (exact) mass is 469 g/mol. The first kappa shape index (κ1) is 21.5. The maximum absolute atomic E-state index is 12.5. The van der Waals surface area contributed by atoms with Crippen molar-refractivity contribution >= 4 is 34.6 Å². The van der Waals surface area contributed by atoms with Crippen LogP contribution in [-0.4, -0.2) is 27.3 Å². The lowest BCUT2D eigenvalue weighted by molar-refractivity contribution is 0.0950. The first-order valence-electron chi connectivity index (χ1n) is 10.6. The average Bonchev–Trinajstić information content (AvgIpc) is 3.52. The van der Waals surface area contributed by atoms with E-state index in [9.17, 15) is 4.79 Å². The number of hydrazone groups is 1. The number of amides is 1. The third kappa shape index (κ3) is 4.84. The second-order valence-corrected chi connectivity index (χ2v) is 8.03. The number of benzene rings is 3. The molecule has 1 amide bonds. The molecule has 0 aliphatic heterocycles. The van der Waals surface area contributed by atoms with Crippen LogP contribution in [0.25, 0.3) is 22.2 Å². The topological polar surface area (TPSA) is 95.2 Å². The Morgan fingerprint density at radius 3 is 2.79 bits per heavy atom. The Kier molecular flexibility index (Phi) is 6.09. The number of hydrogen-bond acceptors (Lipinski definition) is 4. The molecule has 0 aliphatic rings. The number of nitrogens with zero attached hydrogens (tertiary/aromatic N) is 2. The molecule has 0 bridgehead atoms. The van der Waals surface area contributed by atoms with E-state index in [1.54, 1.807) is 12.3 Å². The van der Waals surface area contributed by atoms with Crippen molar-refractivity contribution in [2.45, 2.75) is 6.61 Å². The van der Waals surface area contributed by atoms with Crippen LogP contribution in [0.3, 0.4) is 0 Å². The second-order valence-electron chi connectivity index (χ2n) is 7.60. The fourth-order valence-corrected chi connectivity index (χ4v) is 3.63. The number of H-pyrrole nitrogens is 2. The number of rotatable bonds is 7. The average molecular weight is 470 g/mol. The van der Waals surface area contributed by atoms with Crippen LogP contribution < -0.4 is 10.2 Å². The lowest BCUT2D eigenvalue weighted by atomic mass is 10.1. The number of aromatic amines is 2. The lowest BCUT2D eigenvalue weighted by Crippen LogP contribution is -2.17. The molecule has 3 N–H and O–H groups in total. The molecule has 5 aromatic rings. The molecule has 7 nitrogen and oxygen atoms in total. The van der Waals surface area contributed by atoms with Crippen molar-refractivity contribution in [3.8, 4) is 17.0 Å². The number of carbonyl (C=O) groups excluding carboxylic acids is 1. The third-order valence-electron chi connectivity index (χ3n) is 5.26. The molecule has 3 aromatic carbocycles. The number of aromatic nitrogens is 3. The van der Waals surface area contributed by atoms with Gasteiger partial charge in [-0.05, 0) is 42.0 Å². The van der Waals surface area contributed by atoms with E-state index < -0.39 is 0 Å². The standard InChI is InChI=1S/C26H20ClN5O2/c27-20-10-8-17(9-11-20)16-34-21-5-3-4-18(12-21)24-13-25(31-30-24)26(33)32-29-15-19-14-28-23-7-2-1-6-22(19)23/h1-15,28H,16H2,(H,30,31)(H,32,33). The molecule has 0 aliphatic carbocycles. The number of hydrogen-bond donors (Lipinski definition) is 3. The molecule has 0 unspecified atom stereocenters. The zero-order valence-corrected chi connectivity index (χ0v) is 18.7. The Hall–Kier alpha value is -4.36. The summed E-state index contributed by atoms with van der Waals surface area (Å²) in [5, 5.41) is 12.8. The Bertz CT molecular complexity index is 1470. The van der Waals surface area contributed by atoms with Gasteiger partial charge in [0.25, 0.3) is 5.91 Å². The van der Waals surface area contributed by atoms with Crippen LogP contribution in [0.2, 0.25) is 5.02 Å². The molecule has 2 aromatic heterocycles. The molecule has 0 saturated carbocycles. The van der Waals surface area contributed by atoms with Gasteiger partial charge in [-0.15, -0.1) is 0 Å². The number of carbonyl (C=O) groups is 1. The van der Waals surface area contributed by atoms with Gasteiger partial charge in [0.2, 0.25) is 0 Å². The largest absolute Gasteiger partial charge is 0.489 e. The number of fused-ring (bicyclic) bond motifs is 1. The quantitative estimate of drug-likeness (QED) is 0.215. The zero-order valence-electron chi connectivity index (χ0n) is 18.0. The molecule has 168 valence electrons. The van der Waals surface area contributed by atoms with E-state index in [4.69, 9.17) is 16.3 Å². The van der Waals surface area contributed by atoms with Crippen molar-refractivity contribution in [2.24, 2.45) is 5.10 Å². The van der Waals surface area contributed by atoms with Gasteiger partial charge in [0.05, 0.1) is 11.9 Å². The highest BCUT2D eigenvalue weighted by Gasteiger charge is 2.11. The van der Waals surface area contributed by atoms with E-state index in [-0.39, 0.29) is 5.91 Å². The summed E-state index contributed by atoms with van der Waals surface area (Å²) in [6, 6.07) is 24.6. The molecule has 8 heteroatoms. The van der Waals surface area contributed by atoms with Crippen molar-refractivity contribution in [1.29, 1.82) is 0 Å². The van der Waals surface area contributed by atoms with Crippen LogP contribution in [0.1, 0.15) is 21.6 Å². The Morgan fingerprint density at radius 1 is 1.06 bits per heavy atom. The van der Waals surface area contributed by atoms with Gasteiger partial charge in [-0.1, -0.05) is 54.1 Å². The number of ether oxygens (including phenoxy) is 1. The van der Waals surface area contributed by atoms with Crippen molar-refractivity contribution in [1.82, 2.24) is 20.6 Å². The Morgan fingerprint density at radius 2 is 1.91 bits per heavy atom. The molecular weight excluding hydrogens is 450 g/mol. The summed E-state index contributed by atoms with van der Waals surface area (Å²) in [5.74, 6) is 0.315. The van der Waals surface area contributed by atoms with Gasteiger partial charge in [0.1, 0.15) is 18.1 Å². The smallest absolute Gasteiger partial charge is 0.289 e. The summed E-state index contributed by atoms with van der Waals surface area (Å²) in [4.78, 5) is 15.7. The molecule has 34 heavy (non-hydrogen) atoms. The van der Waals surface area contributed by atoms with E-state index >= 15 is 0 Å². The van der Waals surface area contributed by atoms with E-state index in [0.29, 0.717) is 28.8 Å². The third-order valence-corrected chi connectivity index (χ3v) is 5.51. The van der Waals surface area contributed by atoms with Gasteiger partial charge in [0.15, 0.2) is 0 Å². The van der Waals surface area contributed by atoms with Gasteiger partial charge in [-0.2, -0.15) is 10.2 Å². The van der Waals surface area contributed by atoms with Crippen LogP contribution in [0, 0.1) is 0 Å². The molecule has 0 atom stereocenters. The molecule has 5 rings (SSSR count). The molecule has 0 radical (unpaired) electrons.